The van der Waals surface area contributed by atoms with Crippen molar-refractivity contribution in [2.45, 2.75) is 32.9 Å². The molecule has 0 aliphatic carbocycles. The molecule has 1 aromatic heterocycles. The van der Waals surface area contributed by atoms with E-state index in [9.17, 15) is 18.8 Å². The highest BCUT2D eigenvalue weighted by Gasteiger charge is 2.26. The molecule has 174 valence electrons. The fourth-order valence-electron chi connectivity index (χ4n) is 4.29. The Morgan fingerprint density at radius 1 is 0.939 bits per heavy atom. The molecule has 2 heterocycles. The van der Waals surface area contributed by atoms with Gasteiger partial charge in [-0.3, -0.25) is 18.7 Å². The lowest BCUT2D eigenvalue weighted by atomic mass is 10.1. The Kier molecular flexibility index (Phi) is 6.83. The largest absolute Gasteiger partial charge is 0.339 e. The fraction of sp³-hybridized carbons (Fsp3) is 0.375. The number of aryl methyl sites for hydroxylation is 2. The van der Waals surface area contributed by atoms with Crippen molar-refractivity contribution in [3.05, 3.63) is 69.4 Å². The van der Waals surface area contributed by atoms with Crippen LogP contribution in [-0.2, 0) is 17.9 Å². The van der Waals surface area contributed by atoms with Crippen molar-refractivity contribution in [2.24, 2.45) is 0 Å². The summed E-state index contributed by atoms with van der Waals surface area (Å²) in [6.45, 7) is 4.50. The van der Waals surface area contributed by atoms with Crippen molar-refractivity contribution >= 4 is 34.4 Å². The van der Waals surface area contributed by atoms with Gasteiger partial charge in [0.05, 0.1) is 21.6 Å². The molecule has 0 unspecified atom stereocenters. The van der Waals surface area contributed by atoms with E-state index in [2.05, 4.69) is 0 Å². The zero-order valence-electron chi connectivity index (χ0n) is 18.5. The number of carbonyl (C=O) groups is 2. The van der Waals surface area contributed by atoms with Gasteiger partial charge in [-0.2, -0.15) is 0 Å². The first-order chi connectivity index (χ1) is 15.9. The van der Waals surface area contributed by atoms with Crippen molar-refractivity contribution in [1.29, 1.82) is 0 Å². The molecule has 1 aliphatic heterocycles. The van der Waals surface area contributed by atoms with E-state index < -0.39 is 5.82 Å². The minimum absolute atomic E-state index is 0.0545. The van der Waals surface area contributed by atoms with E-state index in [0.717, 1.165) is 23.5 Å². The van der Waals surface area contributed by atoms with Crippen molar-refractivity contribution < 1.29 is 14.0 Å². The highest BCUT2D eigenvalue weighted by atomic mass is 35.5. The average Bonchev–Trinajstić information content (AvgIpc) is 3.08. The summed E-state index contributed by atoms with van der Waals surface area (Å²) in [4.78, 5) is 41.8. The van der Waals surface area contributed by atoms with Crippen LogP contribution in [0.1, 0.15) is 30.1 Å². The molecule has 33 heavy (non-hydrogen) atoms. The Morgan fingerprint density at radius 3 is 2.15 bits per heavy atom. The summed E-state index contributed by atoms with van der Waals surface area (Å²) in [6.07, 6.45) is 1.05. The second kappa shape index (κ2) is 9.79. The Balaban J connectivity index is 1.38. The summed E-state index contributed by atoms with van der Waals surface area (Å²) in [5, 5.41) is 0.0752. The number of carbonyl (C=O) groups excluding carboxylic acids is 2. The third kappa shape index (κ3) is 4.66. The number of aromatic nitrogens is 2. The fourth-order valence-corrected chi connectivity index (χ4v) is 4.53. The molecule has 3 aromatic rings. The molecular formula is C24H26ClFN4O3. The molecule has 1 aliphatic rings. The lowest BCUT2D eigenvalue weighted by Gasteiger charge is -2.35. The van der Waals surface area contributed by atoms with Crippen LogP contribution in [0.4, 0.5) is 4.39 Å². The number of fused-ring (bicyclic) bond motifs is 1. The van der Waals surface area contributed by atoms with Gasteiger partial charge in [-0.05, 0) is 36.8 Å². The third-order valence-electron chi connectivity index (χ3n) is 6.00. The van der Waals surface area contributed by atoms with Gasteiger partial charge in [-0.15, -0.1) is 0 Å². The molecule has 0 spiro atoms. The topological polar surface area (TPSA) is 67.6 Å². The average molecular weight is 473 g/mol. The summed E-state index contributed by atoms with van der Waals surface area (Å²) < 4.78 is 16.7. The first-order valence-corrected chi connectivity index (χ1v) is 11.5. The number of imidazole rings is 1. The van der Waals surface area contributed by atoms with E-state index >= 15 is 0 Å². The maximum absolute atomic E-state index is 13.3. The second-order valence-corrected chi connectivity index (χ2v) is 8.53. The number of benzene rings is 2. The number of amides is 2. The predicted octanol–water partition coefficient (Wildman–Crippen LogP) is 3.38. The number of para-hydroxylation sites is 2. The van der Waals surface area contributed by atoms with Crippen LogP contribution in [0.25, 0.3) is 11.0 Å². The quantitative estimate of drug-likeness (QED) is 0.552. The van der Waals surface area contributed by atoms with E-state index in [1.165, 1.54) is 12.1 Å². The molecule has 1 saturated heterocycles. The molecule has 2 amide bonds. The third-order valence-corrected chi connectivity index (χ3v) is 6.32. The van der Waals surface area contributed by atoms with Gasteiger partial charge < -0.3 is 9.80 Å². The number of halogens is 2. The molecule has 7 nitrogen and oxygen atoms in total. The first-order valence-electron chi connectivity index (χ1n) is 11.1. The summed E-state index contributed by atoms with van der Waals surface area (Å²) >= 11 is 6.02. The summed E-state index contributed by atoms with van der Waals surface area (Å²) in [5.74, 6) is -0.826. The molecule has 0 N–H and O–H groups in total. The van der Waals surface area contributed by atoms with Crippen LogP contribution in [0.15, 0.2) is 47.3 Å². The minimum atomic E-state index is -0.496. The van der Waals surface area contributed by atoms with Crippen molar-refractivity contribution in [2.75, 3.05) is 26.2 Å². The van der Waals surface area contributed by atoms with Gasteiger partial charge in [0.1, 0.15) is 5.82 Å². The van der Waals surface area contributed by atoms with E-state index in [-0.39, 0.29) is 34.5 Å². The van der Waals surface area contributed by atoms with Crippen LogP contribution in [0.5, 0.6) is 0 Å². The van der Waals surface area contributed by atoms with Crippen molar-refractivity contribution in [3.8, 4) is 0 Å². The Morgan fingerprint density at radius 2 is 1.55 bits per heavy atom. The molecule has 0 radical (unpaired) electrons. The van der Waals surface area contributed by atoms with Crippen LogP contribution in [0.3, 0.4) is 0 Å². The van der Waals surface area contributed by atoms with E-state index in [4.69, 9.17) is 11.6 Å². The van der Waals surface area contributed by atoms with E-state index in [1.54, 1.807) is 18.9 Å². The maximum Gasteiger partial charge on any atom is 0.329 e. The Labute approximate surface area is 196 Å². The zero-order chi connectivity index (χ0) is 23.5. The van der Waals surface area contributed by atoms with Crippen LogP contribution < -0.4 is 5.69 Å². The monoisotopic (exact) mass is 472 g/mol. The normalized spacial score (nSPS) is 14.2. The number of rotatable bonds is 6. The number of hydrogen-bond acceptors (Lipinski definition) is 3. The van der Waals surface area contributed by atoms with Gasteiger partial charge in [0, 0.05) is 45.7 Å². The lowest BCUT2D eigenvalue weighted by Crippen LogP contribution is -2.50. The van der Waals surface area contributed by atoms with Gasteiger partial charge in [-0.25, -0.2) is 9.18 Å². The van der Waals surface area contributed by atoms with E-state index in [0.29, 0.717) is 39.3 Å². The SMILES string of the molecule is CCCn1c(=O)n(CCC(=O)N2CCN(C(=O)c3ccc(F)cc3Cl)CC2)c2ccccc21. The van der Waals surface area contributed by atoms with Gasteiger partial charge in [0.2, 0.25) is 5.91 Å². The minimum Gasteiger partial charge on any atom is -0.339 e. The van der Waals surface area contributed by atoms with Gasteiger partial charge in [0.25, 0.3) is 5.91 Å². The molecule has 2 aromatic carbocycles. The molecule has 0 bridgehead atoms. The molecule has 9 heteroatoms. The highest BCUT2D eigenvalue weighted by Crippen LogP contribution is 2.20. The van der Waals surface area contributed by atoms with Crippen molar-refractivity contribution in [3.63, 3.8) is 0 Å². The van der Waals surface area contributed by atoms with Crippen molar-refractivity contribution in [1.82, 2.24) is 18.9 Å². The van der Waals surface area contributed by atoms with Crippen LogP contribution >= 0.6 is 11.6 Å². The highest BCUT2D eigenvalue weighted by molar-refractivity contribution is 6.33. The molecule has 0 saturated carbocycles. The number of hydrogen-bond donors (Lipinski definition) is 0. The molecule has 1 fully saturated rings. The summed E-state index contributed by atoms with van der Waals surface area (Å²) in [7, 11) is 0. The number of piperazine rings is 1. The van der Waals surface area contributed by atoms with Crippen LogP contribution in [0.2, 0.25) is 5.02 Å². The smallest absolute Gasteiger partial charge is 0.329 e. The van der Waals surface area contributed by atoms with Gasteiger partial charge in [-0.1, -0.05) is 30.7 Å². The second-order valence-electron chi connectivity index (χ2n) is 8.12. The standard InChI is InChI=1S/C24H26ClFN4O3/c1-2-10-29-20-5-3-4-6-21(20)30(24(29)33)11-9-22(31)27-12-14-28(15-13-27)23(32)18-8-7-17(26)16-19(18)25/h3-8,16H,2,9-15H2,1H3. The van der Waals surface area contributed by atoms with Gasteiger partial charge in [0.15, 0.2) is 0 Å². The Hall–Kier alpha value is -3.13. The molecular weight excluding hydrogens is 447 g/mol. The first kappa shape index (κ1) is 23.0. The maximum atomic E-state index is 13.3. The zero-order valence-corrected chi connectivity index (χ0v) is 19.2. The summed E-state index contributed by atoms with van der Waals surface area (Å²) in [6, 6.07) is 11.3. The van der Waals surface area contributed by atoms with E-state index in [1.807, 2.05) is 31.2 Å². The molecule has 0 atom stereocenters. The predicted molar refractivity (Wildman–Crippen MR) is 125 cm³/mol. The van der Waals surface area contributed by atoms with Gasteiger partial charge >= 0.3 is 5.69 Å². The summed E-state index contributed by atoms with van der Waals surface area (Å²) in [5.41, 5.74) is 1.86. The Bertz CT molecular complexity index is 1240. The lowest BCUT2D eigenvalue weighted by molar-refractivity contribution is -0.132. The molecule has 4 rings (SSSR count). The van der Waals surface area contributed by atoms with Crippen LogP contribution in [-0.4, -0.2) is 56.9 Å². The van der Waals surface area contributed by atoms with Crippen LogP contribution in [0, 0.1) is 5.82 Å². The number of nitrogens with zero attached hydrogens (tertiary/aromatic N) is 4.